The van der Waals surface area contributed by atoms with Gasteiger partial charge in [-0.2, -0.15) is 0 Å². The highest BCUT2D eigenvalue weighted by molar-refractivity contribution is 5.74. The fourth-order valence-electron chi connectivity index (χ4n) is 2.56. The Bertz CT molecular complexity index is 492. The lowest BCUT2D eigenvalue weighted by molar-refractivity contribution is -0.151. The van der Waals surface area contributed by atoms with Crippen LogP contribution in [-0.4, -0.2) is 34.2 Å². The van der Waals surface area contributed by atoms with Crippen molar-refractivity contribution in [3.05, 3.63) is 29.6 Å². The SMILES string of the molecule is CC1(C(=O)O)CCCN(Cc2ccc(O)c(F)c2)C1. The Morgan fingerprint density at radius 2 is 2.26 bits per heavy atom. The molecule has 2 N–H and O–H groups in total. The number of likely N-dealkylation sites (tertiary alicyclic amines) is 1. The van der Waals surface area contributed by atoms with Crippen molar-refractivity contribution in [1.82, 2.24) is 4.90 Å². The zero-order valence-electron chi connectivity index (χ0n) is 10.9. The molecule has 1 unspecified atom stereocenters. The van der Waals surface area contributed by atoms with E-state index in [1.807, 2.05) is 4.90 Å². The van der Waals surface area contributed by atoms with Crippen LogP contribution in [0.1, 0.15) is 25.3 Å². The number of aliphatic carboxylic acids is 1. The summed E-state index contributed by atoms with van der Waals surface area (Å²) in [5, 5.41) is 18.4. The molecule has 1 aliphatic rings. The predicted molar refractivity (Wildman–Crippen MR) is 68.3 cm³/mol. The molecule has 2 rings (SSSR count). The summed E-state index contributed by atoms with van der Waals surface area (Å²) in [7, 11) is 0. The smallest absolute Gasteiger partial charge is 0.310 e. The van der Waals surface area contributed by atoms with Gasteiger partial charge in [0.15, 0.2) is 11.6 Å². The quantitative estimate of drug-likeness (QED) is 0.881. The lowest BCUT2D eigenvalue weighted by Gasteiger charge is -2.37. The molecule has 0 spiro atoms. The van der Waals surface area contributed by atoms with E-state index in [0.29, 0.717) is 19.5 Å². The maximum absolute atomic E-state index is 13.3. The van der Waals surface area contributed by atoms with Gasteiger partial charge in [0.1, 0.15) is 0 Å². The fraction of sp³-hybridized carbons (Fsp3) is 0.500. The number of carboxylic acids is 1. The number of carboxylic acid groups (broad SMARTS) is 1. The first-order valence-corrected chi connectivity index (χ1v) is 6.34. The molecular weight excluding hydrogens is 249 g/mol. The number of hydrogen-bond donors (Lipinski definition) is 2. The molecule has 1 aliphatic heterocycles. The van der Waals surface area contributed by atoms with Gasteiger partial charge >= 0.3 is 5.97 Å². The molecule has 4 nitrogen and oxygen atoms in total. The molecule has 1 atom stereocenters. The third kappa shape index (κ3) is 3.04. The first-order valence-electron chi connectivity index (χ1n) is 6.34. The lowest BCUT2D eigenvalue weighted by Crippen LogP contribution is -2.45. The summed E-state index contributed by atoms with van der Waals surface area (Å²) in [5.41, 5.74) is 0.0122. The van der Waals surface area contributed by atoms with Gasteiger partial charge in [0, 0.05) is 13.1 Å². The van der Waals surface area contributed by atoms with Crippen LogP contribution in [-0.2, 0) is 11.3 Å². The van der Waals surface area contributed by atoms with Crippen LogP contribution in [0.3, 0.4) is 0 Å². The molecule has 1 aromatic rings. The number of piperidine rings is 1. The maximum atomic E-state index is 13.3. The van der Waals surface area contributed by atoms with Gasteiger partial charge in [0.05, 0.1) is 5.41 Å². The van der Waals surface area contributed by atoms with Crippen molar-refractivity contribution < 1.29 is 19.4 Å². The van der Waals surface area contributed by atoms with Gasteiger partial charge in [-0.25, -0.2) is 4.39 Å². The van der Waals surface area contributed by atoms with Crippen LogP contribution in [0.4, 0.5) is 4.39 Å². The summed E-state index contributed by atoms with van der Waals surface area (Å²) < 4.78 is 13.3. The van der Waals surface area contributed by atoms with E-state index in [4.69, 9.17) is 5.11 Å². The van der Waals surface area contributed by atoms with Gasteiger partial charge in [-0.1, -0.05) is 6.07 Å². The molecule has 0 bridgehead atoms. The van der Waals surface area contributed by atoms with Gasteiger partial charge in [0.2, 0.25) is 0 Å². The van der Waals surface area contributed by atoms with Crippen LogP contribution in [0.2, 0.25) is 0 Å². The van der Waals surface area contributed by atoms with Crippen LogP contribution >= 0.6 is 0 Å². The molecule has 104 valence electrons. The number of halogens is 1. The van der Waals surface area contributed by atoms with Crippen molar-refractivity contribution >= 4 is 5.97 Å². The fourth-order valence-corrected chi connectivity index (χ4v) is 2.56. The summed E-state index contributed by atoms with van der Waals surface area (Å²) in [6, 6.07) is 4.28. The van der Waals surface area contributed by atoms with Gasteiger partial charge < -0.3 is 10.2 Å². The number of phenolic OH excluding ortho intramolecular Hbond substituents is 1. The van der Waals surface area contributed by atoms with E-state index in [-0.39, 0.29) is 5.75 Å². The summed E-state index contributed by atoms with van der Waals surface area (Å²) >= 11 is 0. The number of carbonyl (C=O) groups is 1. The second-order valence-corrected chi connectivity index (χ2v) is 5.47. The Balaban J connectivity index is 2.06. The van der Waals surface area contributed by atoms with Crippen molar-refractivity contribution in [1.29, 1.82) is 0 Å². The maximum Gasteiger partial charge on any atom is 0.310 e. The minimum Gasteiger partial charge on any atom is -0.505 e. The minimum atomic E-state index is -0.783. The average molecular weight is 267 g/mol. The highest BCUT2D eigenvalue weighted by Crippen LogP contribution is 2.30. The molecular formula is C14H18FNO3. The second kappa shape index (κ2) is 5.17. The normalized spacial score (nSPS) is 24.3. The largest absolute Gasteiger partial charge is 0.505 e. The first-order chi connectivity index (χ1) is 8.90. The van der Waals surface area contributed by atoms with E-state index in [9.17, 15) is 14.3 Å². The predicted octanol–water partition coefficient (Wildman–Crippen LogP) is 2.22. The number of benzene rings is 1. The van der Waals surface area contributed by atoms with E-state index >= 15 is 0 Å². The van der Waals surface area contributed by atoms with E-state index in [2.05, 4.69) is 0 Å². The van der Waals surface area contributed by atoms with Gasteiger partial charge in [-0.15, -0.1) is 0 Å². The molecule has 0 aliphatic carbocycles. The first kappa shape index (κ1) is 13.8. The number of rotatable bonds is 3. The molecule has 1 heterocycles. The molecule has 1 aromatic carbocycles. The Morgan fingerprint density at radius 3 is 2.89 bits per heavy atom. The Hall–Kier alpha value is -1.62. The van der Waals surface area contributed by atoms with Crippen molar-refractivity contribution in [2.75, 3.05) is 13.1 Å². The highest BCUT2D eigenvalue weighted by atomic mass is 19.1. The zero-order valence-corrected chi connectivity index (χ0v) is 10.9. The Morgan fingerprint density at radius 1 is 1.53 bits per heavy atom. The number of aromatic hydroxyl groups is 1. The molecule has 1 saturated heterocycles. The van der Waals surface area contributed by atoms with Crippen LogP contribution in [0.5, 0.6) is 5.75 Å². The summed E-state index contributed by atoms with van der Waals surface area (Å²) in [6.45, 7) is 3.52. The third-order valence-electron chi connectivity index (χ3n) is 3.71. The van der Waals surface area contributed by atoms with E-state index in [1.165, 1.54) is 12.1 Å². The number of hydrogen-bond acceptors (Lipinski definition) is 3. The van der Waals surface area contributed by atoms with Crippen molar-refractivity contribution in [2.45, 2.75) is 26.3 Å². The molecule has 0 saturated carbocycles. The molecule has 0 amide bonds. The lowest BCUT2D eigenvalue weighted by atomic mass is 9.82. The highest BCUT2D eigenvalue weighted by Gasteiger charge is 2.37. The van der Waals surface area contributed by atoms with Gasteiger partial charge in [-0.3, -0.25) is 9.69 Å². The van der Waals surface area contributed by atoms with Crippen molar-refractivity contribution in [3.63, 3.8) is 0 Å². The van der Waals surface area contributed by atoms with Crippen LogP contribution in [0, 0.1) is 11.2 Å². The average Bonchev–Trinajstić information content (AvgIpc) is 2.34. The Labute approximate surface area is 111 Å². The van der Waals surface area contributed by atoms with Crippen molar-refractivity contribution in [2.24, 2.45) is 5.41 Å². The Kier molecular flexibility index (Phi) is 3.75. The van der Waals surface area contributed by atoms with Crippen LogP contribution < -0.4 is 0 Å². The summed E-state index contributed by atoms with van der Waals surface area (Å²) in [4.78, 5) is 13.3. The monoisotopic (exact) mass is 267 g/mol. The van der Waals surface area contributed by atoms with Gasteiger partial charge in [0.25, 0.3) is 0 Å². The molecule has 0 aromatic heterocycles. The molecule has 19 heavy (non-hydrogen) atoms. The van der Waals surface area contributed by atoms with E-state index < -0.39 is 17.2 Å². The molecule has 0 radical (unpaired) electrons. The van der Waals surface area contributed by atoms with Crippen LogP contribution in [0.15, 0.2) is 18.2 Å². The summed E-state index contributed by atoms with van der Waals surface area (Å²) in [5.74, 6) is -1.79. The van der Waals surface area contributed by atoms with E-state index in [0.717, 1.165) is 18.5 Å². The third-order valence-corrected chi connectivity index (χ3v) is 3.71. The number of nitrogens with zero attached hydrogens (tertiary/aromatic N) is 1. The summed E-state index contributed by atoms with van der Waals surface area (Å²) in [6.07, 6.45) is 1.49. The standard InChI is InChI=1S/C14H18FNO3/c1-14(13(18)19)5-2-6-16(9-14)8-10-3-4-12(17)11(15)7-10/h3-4,7,17H,2,5-6,8-9H2,1H3,(H,18,19). The van der Waals surface area contributed by atoms with E-state index in [1.54, 1.807) is 13.0 Å². The second-order valence-electron chi connectivity index (χ2n) is 5.47. The number of phenols is 1. The molecule has 1 fully saturated rings. The zero-order chi connectivity index (χ0) is 14.0. The topological polar surface area (TPSA) is 60.8 Å². The van der Waals surface area contributed by atoms with Crippen LogP contribution in [0.25, 0.3) is 0 Å². The minimum absolute atomic E-state index is 0.363. The van der Waals surface area contributed by atoms with Gasteiger partial charge in [-0.05, 0) is 44.0 Å². The van der Waals surface area contributed by atoms with Crippen molar-refractivity contribution in [3.8, 4) is 5.75 Å². The molecule has 5 heteroatoms.